The number of unbranched alkanes of at least 4 members (excludes halogenated alkanes) is 5. The molecule has 0 aliphatic carbocycles. The summed E-state index contributed by atoms with van der Waals surface area (Å²) in [5.74, 6) is 1.37. The van der Waals surface area contributed by atoms with Gasteiger partial charge in [0.25, 0.3) is 0 Å². The third-order valence-corrected chi connectivity index (χ3v) is 6.08. The van der Waals surface area contributed by atoms with Crippen LogP contribution in [0.1, 0.15) is 56.6 Å². The highest BCUT2D eigenvalue weighted by Gasteiger charge is 2.11. The monoisotopic (exact) mass is 501 g/mol. The van der Waals surface area contributed by atoms with Gasteiger partial charge in [0.05, 0.1) is 7.11 Å². The molecule has 0 radical (unpaired) electrons. The fourth-order valence-electron chi connectivity index (χ4n) is 3.03. The lowest BCUT2D eigenvalue weighted by Crippen LogP contribution is -2.15. The zero-order valence-electron chi connectivity index (χ0n) is 17.2. The van der Waals surface area contributed by atoms with Crippen molar-refractivity contribution in [3.63, 3.8) is 0 Å². The van der Waals surface area contributed by atoms with Gasteiger partial charge in [0.15, 0.2) is 11.5 Å². The normalized spacial score (nSPS) is 10.9. The Morgan fingerprint density at radius 1 is 0.931 bits per heavy atom. The van der Waals surface area contributed by atoms with Crippen LogP contribution in [0, 0.1) is 0 Å². The van der Waals surface area contributed by atoms with Gasteiger partial charge in [-0.2, -0.15) is 0 Å². The molecule has 0 saturated heterocycles. The topological polar surface area (TPSA) is 30.5 Å². The van der Waals surface area contributed by atoms with Gasteiger partial charge in [-0.1, -0.05) is 84.2 Å². The lowest BCUT2D eigenvalue weighted by Gasteiger charge is -2.15. The van der Waals surface area contributed by atoms with Crippen molar-refractivity contribution in [3.8, 4) is 11.5 Å². The van der Waals surface area contributed by atoms with E-state index in [9.17, 15) is 0 Å². The third kappa shape index (κ3) is 8.37. The van der Waals surface area contributed by atoms with E-state index < -0.39 is 0 Å². The average molecular weight is 503 g/mol. The van der Waals surface area contributed by atoms with Crippen LogP contribution in [0.3, 0.4) is 0 Å². The van der Waals surface area contributed by atoms with Gasteiger partial charge in [-0.3, -0.25) is 0 Å². The largest absolute Gasteiger partial charge is 0.493 e. The molecule has 6 heteroatoms. The maximum Gasteiger partial charge on any atom is 0.162 e. The van der Waals surface area contributed by atoms with Crippen LogP contribution >= 0.6 is 39.1 Å². The molecule has 0 aromatic heterocycles. The SMILES string of the molecule is CCCCCCCCNCc1cc(OC)c(OCc2ccc(Cl)cc2Cl)cc1Br. The molecular weight excluding hydrogens is 473 g/mol. The highest BCUT2D eigenvalue weighted by Crippen LogP contribution is 2.34. The van der Waals surface area contributed by atoms with E-state index in [0.717, 1.165) is 28.7 Å². The van der Waals surface area contributed by atoms with Crippen molar-refractivity contribution in [1.29, 1.82) is 0 Å². The number of rotatable bonds is 13. The first-order chi connectivity index (χ1) is 14.0. The van der Waals surface area contributed by atoms with Gasteiger partial charge < -0.3 is 14.8 Å². The van der Waals surface area contributed by atoms with Crippen LogP contribution < -0.4 is 14.8 Å². The molecule has 2 aromatic carbocycles. The quantitative estimate of drug-likeness (QED) is 0.283. The van der Waals surface area contributed by atoms with Gasteiger partial charge in [0.2, 0.25) is 0 Å². The molecule has 0 unspecified atom stereocenters. The fourth-order valence-corrected chi connectivity index (χ4v) is 3.96. The van der Waals surface area contributed by atoms with Gasteiger partial charge >= 0.3 is 0 Å². The Kier molecular flexibility index (Phi) is 11.2. The molecule has 0 saturated carbocycles. The van der Waals surface area contributed by atoms with Crippen LogP contribution in [-0.4, -0.2) is 13.7 Å². The summed E-state index contributed by atoms with van der Waals surface area (Å²) in [6, 6.07) is 9.35. The van der Waals surface area contributed by atoms with Gasteiger partial charge in [-0.25, -0.2) is 0 Å². The Morgan fingerprint density at radius 3 is 2.41 bits per heavy atom. The number of hydrogen-bond acceptors (Lipinski definition) is 3. The van der Waals surface area contributed by atoms with Crippen molar-refractivity contribution in [2.24, 2.45) is 0 Å². The molecule has 3 nitrogen and oxygen atoms in total. The van der Waals surface area contributed by atoms with Crippen molar-refractivity contribution in [3.05, 3.63) is 56.0 Å². The van der Waals surface area contributed by atoms with Crippen LogP contribution in [-0.2, 0) is 13.2 Å². The molecule has 2 aromatic rings. The van der Waals surface area contributed by atoms with Crippen LogP contribution in [0.4, 0.5) is 0 Å². The number of halogens is 3. The van der Waals surface area contributed by atoms with E-state index in [1.165, 1.54) is 38.5 Å². The minimum Gasteiger partial charge on any atom is -0.493 e. The minimum atomic E-state index is 0.342. The van der Waals surface area contributed by atoms with Crippen LogP contribution in [0.2, 0.25) is 10.0 Å². The lowest BCUT2D eigenvalue weighted by molar-refractivity contribution is 0.284. The second-order valence-electron chi connectivity index (χ2n) is 7.06. The minimum absolute atomic E-state index is 0.342. The zero-order chi connectivity index (χ0) is 21.1. The fraction of sp³-hybridized carbons (Fsp3) is 0.478. The van der Waals surface area contributed by atoms with Gasteiger partial charge in [-0.15, -0.1) is 0 Å². The van der Waals surface area contributed by atoms with E-state index in [-0.39, 0.29) is 0 Å². The highest BCUT2D eigenvalue weighted by atomic mass is 79.9. The predicted octanol–water partition coefficient (Wildman–Crippen LogP) is 7.79. The summed E-state index contributed by atoms with van der Waals surface area (Å²) in [4.78, 5) is 0. The first-order valence-electron chi connectivity index (χ1n) is 10.2. The standard InChI is InChI=1S/C23H30BrCl2NO2/c1-3-4-5-6-7-8-11-27-15-18-12-22(28-2)23(14-20(18)24)29-16-17-9-10-19(25)13-21(17)26/h9-10,12-14,27H,3-8,11,15-16H2,1-2H3. The first-order valence-corrected chi connectivity index (χ1v) is 11.7. The number of methoxy groups -OCH3 is 1. The molecule has 29 heavy (non-hydrogen) atoms. The Labute approximate surface area is 193 Å². The summed E-state index contributed by atoms with van der Waals surface area (Å²) in [6.45, 7) is 4.40. The molecule has 0 aliphatic heterocycles. The molecule has 1 N–H and O–H groups in total. The molecule has 0 aliphatic rings. The van der Waals surface area contributed by atoms with Crippen molar-refractivity contribution in [1.82, 2.24) is 5.32 Å². The maximum atomic E-state index is 6.23. The summed E-state index contributed by atoms with van der Waals surface area (Å²) >= 11 is 15.8. The third-order valence-electron chi connectivity index (χ3n) is 4.75. The number of ether oxygens (including phenoxy) is 2. The highest BCUT2D eigenvalue weighted by molar-refractivity contribution is 9.10. The van der Waals surface area contributed by atoms with Crippen molar-refractivity contribution in [2.45, 2.75) is 58.6 Å². The summed E-state index contributed by atoms with van der Waals surface area (Å²) in [5, 5.41) is 4.72. The first kappa shape index (κ1) is 24.3. The zero-order valence-corrected chi connectivity index (χ0v) is 20.3. The van der Waals surface area contributed by atoms with Gasteiger partial charge in [-0.05, 0) is 42.8 Å². The predicted molar refractivity (Wildman–Crippen MR) is 127 cm³/mol. The molecule has 0 bridgehead atoms. The van der Waals surface area contributed by atoms with Crippen molar-refractivity contribution in [2.75, 3.05) is 13.7 Å². The summed E-state index contributed by atoms with van der Waals surface area (Å²) < 4.78 is 12.5. The Bertz CT molecular complexity index is 771. The van der Waals surface area contributed by atoms with Crippen LogP contribution in [0.5, 0.6) is 11.5 Å². The van der Waals surface area contributed by atoms with E-state index >= 15 is 0 Å². The smallest absolute Gasteiger partial charge is 0.162 e. The summed E-state index contributed by atoms with van der Waals surface area (Å²) in [7, 11) is 1.65. The van der Waals surface area contributed by atoms with E-state index in [0.29, 0.717) is 28.2 Å². The van der Waals surface area contributed by atoms with Crippen molar-refractivity contribution < 1.29 is 9.47 Å². The summed E-state index contributed by atoms with van der Waals surface area (Å²) in [5.41, 5.74) is 2.02. The molecule has 0 spiro atoms. The average Bonchev–Trinajstić information content (AvgIpc) is 2.70. The van der Waals surface area contributed by atoms with Gasteiger partial charge in [0, 0.05) is 26.6 Å². The van der Waals surface area contributed by atoms with Crippen LogP contribution in [0.25, 0.3) is 0 Å². The molecular formula is C23H30BrCl2NO2. The molecule has 0 fully saturated rings. The molecule has 160 valence electrons. The molecule has 0 atom stereocenters. The Balaban J connectivity index is 1.87. The molecule has 0 heterocycles. The Hall–Kier alpha value is -0.940. The van der Waals surface area contributed by atoms with E-state index in [2.05, 4.69) is 28.2 Å². The Morgan fingerprint density at radius 2 is 1.69 bits per heavy atom. The van der Waals surface area contributed by atoms with E-state index in [1.54, 1.807) is 19.2 Å². The van der Waals surface area contributed by atoms with E-state index in [4.69, 9.17) is 32.7 Å². The van der Waals surface area contributed by atoms with Crippen LogP contribution in [0.15, 0.2) is 34.8 Å². The van der Waals surface area contributed by atoms with Crippen molar-refractivity contribution >= 4 is 39.1 Å². The number of hydrogen-bond donors (Lipinski definition) is 1. The lowest BCUT2D eigenvalue weighted by atomic mass is 10.1. The van der Waals surface area contributed by atoms with Gasteiger partial charge in [0.1, 0.15) is 6.61 Å². The summed E-state index contributed by atoms with van der Waals surface area (Å²) in [6.07, 6.45) is 7.82. The second-order valence-corrected chi connectivity index (χ2v) is 8.76. The maximum absolute atomic E-state index is 6.23. The number of nitrogens with one attached hydrogen (secondary N) is 1. The van der Waals surface area contributed by atoms with E-state index in [1.807, 2.05) is 18.2 Å². The molecule has 0 amide bonds. The molecule has 2 rings (SSSR count). The second kappa shape index (κ2) is 13.4. The number of benzene rings is 2.